The number of primary sulfonamides is 1. The van der Waals surface area contributed by atoms with Gasteiger partial charge in [0.25, 0.3) is 0 Å². The molecule has 112 valence electrons. The fourth-order valence-electron chi connectivity index (χ4n) is 1.95. The number of anilines is 1. The van der Waals surface area contributed by atoms with Crippen LogP contribution in [-0.2, 0) is 25.6 Å². The minimum atomic E-state index is -3.99. The summed E-state index contributed by atoms with van der Waals surface area (Å²) in [6, 6.07) is 11.7. The summed E-state index contributed by atoms with van der Waals surface area (Å²) in [5.74, 6) is -0.492. The molecule has 2 aromatic carbocycles. The van der Waals surface area contributed by atoms with Gasteiger partial charge in [0.05, 0.1) is 21.2 Å². The first-order chi connectivity index (χ1) is 9.72. The van der Waals surface area contributed by atoms with Crippen molar-refractivity contribution >= 4 is 25.5 Å². The van der Waals surface area contributed by atoms with Crippen molar-refractivity contribution in [3.63, 3.8) is 0 Å². The molecule has 0 spiro atoms. The van der Waals surface area contributed by atoms with Crippen LogP contribution in [-0.4, -0.2) is 16.8 Å². The molecule has 0 radical (unpaired) electrons. The number of sulfonamides is 1. The van der Waals surface area contributed by atoms with E-state index in [0.29, 0.717) is 0 Å². The van der Waals surface area contributed by atoms with Crippen molar-refractivity contribution in [2.75, 3.05) is 5.73 Å². The second-order valence-electron chi connectivity index (χ2n) is 4.45. The molecule has 0 unspecified atom stereocenters. The Balaban J connectivity index is 2.51. The molecule has 0 aliphatic rings. The van der Waals surface area contributed by atoms with Crippen LogP contribution in [0, 0.1) is 0 Å². The number of hydrogen-bond donors (Lipinski definition) is 2. The first-order valence-corrected chi connectivity index (χ1v) is 9.09. The molecule has 0 saturated carbocycles. The van der Waals surface area contributed by atoms with Crippen molar-refractivity contribution in [3.05, 3.63) is 54.1 Å². The number of nitrogens with two attached hydrogens (primary N) is 2. The number of benzene rings is 2. The average molecular weight is 326 g/mol. The van der Waals surface area contributed by atoms with Crippen LogP contribution in [0.3, 0.4) is 0 Å². The standard InChI is InChI=1S/C13H14N2O4S2/c14-11-6-2-4-8-13(11)20(16,17)9-10-5-1-3-7-12(10)21(15,18)19/h1-8H,9,14H2,(H2,15,18,19). The maximum absolute atomic E-state index is 12.4. The molecule has 0 fully saturated rings. The Morgan fingerprint density at radius 2 is 1.33 bits per heavy atom. The summed E-state index contributed by atoms with van der Waals surface area (Å²) < 4.78 is 47.8. The summed E-state index contributed by atoms with van der Waals surface area (Å²) >= 11 is 0. The molecular formula is C13H14N2O4S2. The fourth-order valence-corrected chi connectivity index (χ4v) is 4.34. The smallest absolute Gasteiger partial charge is 0.238 e. The topological polar surface area (TPSA) is 120 Å². The zero-order chi connectivity index (χ0) is 15.7. The Morgan fingerprint density at radius 3 is 1.90 bits per heavy atom. The highest BCUT2D eigenvalue weighted by Crippen LogP contribution is 2.24. The van der Waals surface area contributed by atoms with Gasteiger partial charge in [0, 0.05) is 0 Å². The van der Waals surface area contributed by atoms with E-state index in [0.717, 1.165) is 0 Å². The van der Waals surface area contributed by atoms with Crippen molar-refractivity contribution < 1.29 is 16.8 Å². The number of sulfone groups is 1. The molecule has 0 bridgehead atoms. The molecule has 0 saturated heterocycles. The highest BCUT2D eigenvalue weighted by Gasteiger charge is 2.22. The lowest BCUT2D eigenvalue weighted by Crippen LogP contribution is -2.16. The molecule has 0 aromatic heterocycles. The van der Waals surface area contributed by atoms with Gasteiger partial charge in [-0.05, 0) is 23.8 Å². The molecule has 4 N–H and O–H groups in total. The number of rotatable bonds is 4. The molecular weight excluding hydrogens is 312 g/mol. The Morgan fingerprint density at radius 1 is 0.810 bits per heavy atom. The maximum Gasteiger partial charge on any atom is 0.238 e. The summed E-state index contributed by atoms with van der Waals surface area (Å²) in [5, 5.41) is 5.10. The lowest BCUT2D eigenvalue weighted by molar-refractivity contribution is 0.593. The molecule has 8 heteroatoms. The van der Waals surface area contributed by atoms with Crippen LogP contribution in [0.1, 0.15) is 5.56 Å². The van der Waals surface area contributed by atoms with Crippen LogP contribution >= 0.6 is 0 Å². The highest BCUT2D eigenvalue weighted by atomic mass is 32.2. The second kappa shape index (κ2) is 5.47. The summed E-state index contributed by atoms with van der Waals surface area (Å²) in [7, 11) is -7.77. The van der Waals surface area contributed by atoms with E-state index in [1.807, 2.05) is 0 Å². The first-order valence-electron chi connectivity index (χ1n) is 5.90. The van der Waals surface area contributed by atoms with Crippen molar-refractivity contribution in [3.8, 4) is 0 Å². The summed E-state index contributed by atoms with van der Waals surface area (Å²) in [6.07, 6.45) is 0. The molecule has 0 aliphatic heterocycles. The van der Waals surface area contributed by atoms with Crippen molar-refractivity contribution in [1.82, 2.24) is 0 Å². The number of para-hydroxylation sites is 1. The predicted molar refractivity (Wildman–Crippen MR) is 79.6 cm³/mol. The van der Waals surface area contributed by atoms with Crippen molar-refractivity contribution in [2.45, 2.75) is 15.5 Å². The zero-order valence-electron chi connectivity index (χ0n) is 10.9. The van der Waals surface area contributed by atoms with Crippen LogP contribution < -0.4 is 10.9 Å². The van der Waals surface area contributed by atoms with E-state index in [1.165, 1.54) is 30.3 Å². The number of nitrogen functional groups attached to an aromatic ring is 1. The van der Waals surface area contributed by atoms with Crippen LogP contribution in [0.5, 0.6) is 0 Å². The zero-order valence-corrected chi connectivity index (χ0v) is 12.6. The lowest BCUT2D eigenvalue weighted by atomic mass is 10.2. The molecule has 0 atom stereocenters. The Kier molecular flexibility index (Phi) is 4.04. The maximum atomic E-state index is 12.4. The average Bonchev–Trinajstić information content (AvgIpc) is 2.38. The first kappa shape index (κ1) is 15.5. The molecule has 0 heterocycles. The van der Waals surface area contributed by atoms with E-state index in [9.17, 15) is 16.8 Å². The monoisotopic (exact) mass is 326 g/mol. The Bertz CT molecular complexity index is 875. The van der Waals surface area contributed by atoms with E-state index in [-0.39, 0.29) is 21.0 Å². The van der Waals surface area contributed by atoms with Gasteiger partial charge in [-0.2, -0.15) is 0 Å². The van der Waals surface area contributed by atoms with E-state index in [1.54, 1.807) is 18.2 Å². The fraction of sp³-hybridized carbons (Fsp3) is 0.0769. The van der Waals surface area contributed by atoms with Crippen LogP contribution in [0.15, 0.2) is 58.3 Å². The van der Waals surface area contributed by atoms with Gasteiger partial charge in [0.1, 0.15) is 0 Å². The molecule has 6 nitrogen and oxygen atoms in total. The molecule has 2 rings (SSSR count). The molecule has 0 aliphatic carbocycles. The van der Waals surface area contributed by atoms with Crippen LogP contribution in [0.25, 0.3) is 0 Å². The van der Waals surface area contributed by atoms with E-state index in [4.69, 9.17) is 10.9 Å². The van der Waals surface area contributed by atoms with E-state index in [2.05, 4.69) is 0 Å². The van der Waals surface area contributed by atoms with Gasteiger partial charge >= 0.3 is 0 Å². The van der Waals surface area contributed by atoms with Crippen LogP contribution in [0.4, 0.5) is 5.69 Å². The summed E-state index contributed by atoms with van der Waals surface area (Å²) in [4.78, 5) is -0.239. The third kappa shape index (κ3) is 3.41. The minimum Gasteiger partial charge on any atom is -0.398 e. The summed E-state index contributed by atoms with van der Waals surface area (Å²) in [5.41, 5.74) is 5.89. The predicted octanol–water partition coefficient (Wildman–Crippen LogP) is 0.890. The Hall–Kier alpha value is -1.90. The number of hydrogen-bond acceptors (Lipinski definition) is 5. The quantitative estimate of drug-likeness (QED) is 0.808. The van der Waals surface area contributed by atoms with Gasteiger partial charge in [0.15, 0.2) is 9.84 Å². The second-order valence-corrected chi connectivity index (χ2v) is 7.94. The molecule has 21 heavy (non-hydrogen) atoms. The van der Waals surface area contributed by atoms with Crippen LogP contribution in [0.2, 0.25) is 0 Å². The third-order valence-electron chi connectivity index (χ3n) is 2.88. The molecule has 0 amide bonds. The van der Waals surface area contributed by atoms with Gasteiger partial charge in [-0.1, -0.05) is 30.3 Å². The highest BCUT2D eigenvalue weighted by molar-refractivity contribution is 7.91. The van der Waals surface area contributed by atoms with Gasteiger partial charge in [-0.15, -0.1) is 0 Å². The lowest BCUT2D eigenvalue weighted by Gasteiger charge is -2.10. The molecule has 2 aromatic rings. The van der Waals surface area contributed by atoms with E-state index >= 15 is 0 Å². The van der Waals surface area contributed by atoms with Crippen molar-refractivity contribution in [1.29, 1.82) is 0 Å². The normalized spacial score (nSPS) is 12.2. The third-order valence-corrected chi connectivity index (χ3v) is 5.62. The van der Waals surface area contributed by atoms with Gasteiger partial charge in [0.2, 0.25) is 10.0 Å². The van der Waals surface area contributed by atoms with Gasteiger partial charge < -0.3 is 5.73 Å². The SMILES string of the molecule is Nc1ccccc1S(=O)(=O)Cc1ccccc1S(N)(=O)=O. The van der Waals surface area contributed by atoms with Gasteiger partial charge in [-0.3, -0.25) is 0 Å². The van der Waals surface area contributed by atoms with E-state index < -0.39 is 25.6 Å². The largest absolute Gasteiger partial charge is 0.398 e. The minimum absolute atomic E-state index is 0.0331. The Labute approximate surface area is 123 Å². The van der Waals surface area contributed by atoms with Gasteiger partial charge in [-0.25, -0.2) is 22.0 Å². The summed E-state index contributed by atoms with van der Waals surface area (Å²) in [6.45, 7) is 0. The van der Waals surface area contributed by atoms with Crippen molar-refractivity contribution in [2.24, 2.45) is 5.14 Å².